The molecule has 2 N–H and O–H groups in total. The molecule has 0 unspecified atom stereocenters. The van der Waals surface area contributed by atoms with E-state index in [0.717, 1.165) is 44.3 Å². The van der Waals surface area contributed by atoms with Crippen LogP contribution in [0.25, 0.3) is 71.7 Å². The van der Waals surface area contributed by atoms with Crippen molar-refractivity contribution < 1.29 is 0 Å². The lowest BCUT2D eigenvalue weighted by Crippen LogP contribution is -2.16. The Morgan fingerprint density at radius 3 is 1.97 bits per heavy atom. The van der Waals surface area contributed by atoms with Gasteiger partial charge in [-0.3, -0.25) is 9.98 Å². The van der Waals surface area contributed by atoms with E-state index in [2.05, 4.69) is 177 Å². The van der Waals surface area contributed by atoms with Crippen molar-refractivity contribution >= 4 is 33.0 Å². The number of hydrogen-bond donors (Lipinski definition) is 1. The Morgan fingerprint density at radius 1 is 0.559 bits per heavy atom. The molecule has 0 aliphatic heterocycles. The molecule has 1 aromatic heterocycles. The first-order valence-electron chi connectivity index (χ1n) is 20.3. The Bertz CT molecular complexity index is 3070. The monoisotopic (exact) mass is 757 g/mol. The molecule has 0 fully saturated rings. The molecule has 1 aliphatic carbocycles. The highest BCUT2D eigenvalue weighted by Gasteiger charge is 2.37. The maximum Gasteiger partial charge on any atom is 0.0671 e. The van der Waals surface area contributed by atoms with Crippen LogP contribution in [0.15, 0.2) is 205 Å². The molecular weight excluding hydrogens is 715 g/mol. The van der Waals surface area contributed by atoms with Crippen molar-refractivity contribution in [3.05, 3.63) is 228 Å². The summed E-state index contributed by atoms with van der Waals surface area (Å²) in [4.78, 5) is 9.41. The number of allylic oxidation sites excluding steroid dienone is 1. The second kappa shape index (κ2) is 14.9. The SMILES string of the molecule is CC1(C)c2cc3ccccc3cc2-c2cccc(-c3ccc(-c4ccc(/C(N)=C/C(=NCc5ccccc5)c5ccc(-c6cccnc6)cc5)c5ccccc45)cc3)c21. The molecule has 0 bridgehead atoms. The summed E-state index contributed by atoms with van der Waals surface area (Å²) in [6.07, 6.45) is 5.71. The van der Waals surface area contributed by atoms with Crippen LogP contribution in [0.1, 0.15) is 41.7 Å². The minimum atomic E-state index is -0.126. The first-order chi connectivity index (χ1) is 28.9. The largest absolute Gasteiger partial charge is 0.398 e. The van der Waals surface area contributed by atoms with Gasteiger partial charge in [0.1, 0.15) is 0 Å². The predicted octanol–water partition coefficient (Wildman–Crippen LogP) is 13.7. The molecule has 0 saturated heterocycles. The number of aromatic nitrogens is 1. The van der Waals surface area contributed by atoms with Gasteiger partial charge in [-0.05, 0) is 113 Å². The third-order valence-electron chi connectivity index (χ3n) is 12.0. The third kappa shape index (κ3) is 6.61. The lowest BCUT2D eigenvalue weighted by molar-refractivity contribution is 0.663. The van der Waals surface area contributed by atoms with Crippen molar-refractivity contribution in [1.29, 1.82) is 0 Å². The summed E-state index contributed by atoms with van der Waals surface area (Å²) >= 11 is 0. The Morgan fingerprint density at radius 2 is 1.22 bits per heavy atom. The maximum atomic E-state index is 7.06. The normalized spacial score (nSPS) is 13.4. The molecule has 0 amide bonds. The zero-order valence-corrected chi connectivity index (χ0v) is 33.2. The van der Waals surface area contributed by atoms with Gasteiger partial charge < -0.3 is 5.73 Å². The van der Waals surface area contributed by atoms with Crippen molar-refractivity contribution in [1.82, 2.24) is 4.98 Å². The molecule has 59 heavy (non-hydrogen) atoms. The number of nitrogens with zero attached hydrogens (tertiary/aromatic N) is 2. The van der Waals surface area contributed by atoms with Crippen LogP contribution in [0.4, 0.5) is 0 Å². The summed E-state index contributed by atoms with van der Waals surface area (Å²) in [6, 6.07) is 65.1. The fraction of sp³-hybridized carbons (Fsp3) is 0.0714. The van der Waals surface area contributed by atoms with Crippen LogP contribution in [0.5, 0.6) is 0 Å². The van der Waals surface area contributed by atoms with Gasteiger partial charge in [-0.1, -0.05) is 178 Å². The lowest BCUT2D eigenvalue weighted by Gasteiger charge is -2.25. The summed E-state index contributed by atoms with van der Waals surface area (Å²) < 4.78 is 0. The molecule has 3 nitrogen and oxygen atoms in total. The summed E-state index contributed by atoms with van der Waals surface area (Å²) in [6.45, 7) is 5.29. The molecule has 0 saturated carbocycles. The Balaban J connectivity index is 0.994. The van der Waals surface area contributed by atoms with E-state index in [-0.39, 0.29) is 5.41 Å². The molecule has 0 radical (unpaired) electrons. The molecule has 9 aromatic rings. The minimum absolute atomic E-state index is 0.126. The number of nitrogens with two attached hydrogens (primary N) is 1. The van der Waals surface area contributed by atoms with E-state index in [1.807, 2.05) is 36.5 Å². The van der Waals surface area contributed by atoms with Gasteiger partial charge in [0.2, 0.25) is 0 Å². The van der Waals surface area contributed by atoms with Crippen molar-refractivity contribution in [2.45, 2.75) is 25.8 Å². The van der Waals surface area contributed by atoms with E-state index in [4.69, 9.17) is 10.7 Å². The Hall–Kier alpha value is -7.36. The van der Waals surface area contributed by atoms with Crippen LogP contribution in [0.2, 0.25) is 0 Å². The first kappa shape index (κ1) is 36.0. The van der Waals surface area contributed by atoms with E-state index >= 15 is 0 Å². The second-order valence-electron chi connectivity index (χ2n) is 16.0. The average Bonchev–Trinajstić information content (AvgIpc) is 3.52. The van der Waals surface area contributed by atoms with Gasteiger partial charge in [-0.25, -0.2) is 0 Å². The number of benzene rings is 8. The minimum Gasteiger partial charge on any atom is -0.398 e. The highest BCUT2D eigenvalue weighted by molar-refractivity contribution is 6.14. The maximum absolute atomic E-state index is 7.06. The zero-order valence-electron chi connectivity index (χ0n) is 33.2. The van der Waals surface area contributed by atoms with Gasteiger partial charge in [0.05, 0.1) is 12.3 Å². The van der Waals surface area contributed by atoms with Crippen molar-refractivity contribution in [2.24, 2.45) is 10.7 Å². The summed E-state index contributed by atoms with van der Waals surface area (Å²) in [7, 11) is 0. The van der Waals surface area contributed by atoms with Gasteiger partial charge in [0.15, 0.2) is 0 Å². The van der Waals surface area contributed by atoms with Crippen molar-refractivity contribution in [3.63, 3.8) is 0 Å². The fourth-order valence-electron chi connectivity index (χ4n) is 9.01. The summed E-state index contributed by atoms with van der Waals surface area (Å²) in [5, 5.41) is 4.83. The molecule has 8 aromatic carbocycles. The van der Waals surface area contributed by atoms with Gasteiger partial charge in [0.25, 0.3) is 0 Å². The molecule has 1 aliphatic rings. The van der Waals surface area contributed by atoms with Crippen LogP contribution in [-0.4, -0.2) is 10.7 Å². The van der Waals surface area contributed by atoms with Crippen LogP contribution >= 0.6 is 0 Å². The number of pyridine rings is 1. The summed E-state index contributed by atoms with van der Waals surface area (Å²) in [5.41, 5.74) is 24.0. The van der Waals surface area contributed by atoms with E-state index in [0.29, 0.717) is 12.2 Å². The second-order valence-corrected chi connectivity index (χ2v) is 16.0. The van der Waals surface area contributed by atoms with Crippen LogP contribution in [0, 0.1) is 0 Å². The van der Waals surface area contributed by atoms with Gasteiger partial charge in [-0.2, -0.15) is 0 Å². The van der Waals surface area contributed by atoms with E-state index < -0.39 is 0 Å². The number of fused-ring (bicyclic) bond motifs is 5. The van der Waals surface area contributed by atoms with Crippen molar-refractivity contribution in [3.8, 4) is 44.5 Å². The molecular formula is C56H43N3. The zero-order chi connectivity index (χ0) is 39.9. The highest BCUT2D eigenvalue weighted by Crippen LogP contribution is 2.53. The predicted molar refractivity (Wildman–Crippen MR) is 248 cm³/mol. The van der Waals surface area contributed by atoms with Gasteiger partial charge >= 0.3 is 0 Å². The number of rotatable bonds is 8. The molecule has 282 valence electrons. The molecule has 1 heterocycles. The molecule has 10 rings (SSSR count). The topological polar surface area (TPSA) is 51.3 Å². The van der Waals surface area contributed by atoms with E-state index in [9.17, 15) is 0 Å². The smallest absolute Gasteiger partial charge is 0.0671 e. The fourth-order valence-corrected chi connectivity index (χ4v) is 9.01. The average molecular weight is 758 g/mol. The van der Waals surface area contributed by atoms with E-state index in [1.165, 1.54) is 55.3 Å². The first-order valence-corrected chi connectivity index (χ1v) is 20.3. The Kier molecular flexibility index (Phi) is 9.07. The van der Waals surface area contributed by atoms with Gasteiger partial charge in [0, 0.05) is 29.1 Å². The van der Waals surface area contributed by atoms with Crippen LogP contribution < -0.4 is 5.73 Å². The Labute approximate surface area is 345 Å². The quantitative estimate of drug-likeness (QED) is 0.157. The summed E-state index contributed by atoms with van der Waals surface area (Å²) in [5.74, 6) is 0. The number of hydrogen-bond acceptors (Lipinski definition) is 3. The molecule has 3 heteroatoms. The van der Waals surface area contributed by atoms with E-state index in [1.54, 1.807) is 6.20 Å². The molecule has 0 spiro atoms. The lowest BCUT2D eigenvalue weighted by atomic mass is 9.78. The third-order valence-corrected chi connectivity index (χ3v) is 12.0. The molecule has 0 atom stereocenters. The highest BCUT2D eigenvalue weighted by atomic mass is 14.7. The van der Waals surface area contributed by atoms with Gasteiger partial charge in [-0.15, -0.1) is 0 Å². The van der Waals surface area contributed by atoms with Crippen LogP contribution in [0.3, 0.4) is 0 Å². The number of aliphatic imine (C=N–C) groups is 1. The van der Waals surface area contributed by atoms with Crippen LogP contribution in [-0.2, 0) is 12.0 Å². The van der Waals surface area contributed by atoms with Crippen molar-refractivity contribution in [2.75, 3.05) is 0 Å². The standard InChI is InChI=1S/C56H43N3/c1-56(2)52-33-43-15-7-6-14-42(43)32-51(52)50-20-10-19-46(55(50)56)40-25-23-39(24-26-40)45-29-30-49(48-18-9-8-17-47(45)48)53(57)34-54(59-35-37-12-4-3-5-13-37)41-27-21-38(22-28-41)44-16-11-31-58-36-44/h3-34,36H,35,57H2,1-2H3/b53-34-,59-54?.